The van der Waals surface area contributed by atoms with Crippen LogP contribution in [0, 0.1) is 5.82 Å². The van der Waals surface area contributed by atoms with E-state index in [1.807, 2.05) is 0 Å². The zero-order valence-electron chi connectivity index (χ0n) is 11.0. The van der Waals surface area contributed by atoms with Crippen molar-refractivity contribution in [2.45, 2.75) is 0 Å². The third-order valence-electron chi connectivity index (χ3n) is 2.49. The van der Waals surface area contributed by atoms with Gasteiger partial charge in [-0.05, 0) is 22.6 Å². The molecule has 0 atom stereocenters. The van der Waals surface area contributed by atoms with Crippen molar-refractivity contribution >= 4 is 29.7 Å². The van der Waals surface area contributed by atoms with E-state index in [0.717, 1.165) is 6.07 Å². The fourth-order valence-electron chi connectivity index (χ4n) is 1.49. The number of rotatable bonds is 4. The van der Waals surface area contributed by atoms with E-state index < -0.39 is 11.7 Å². The van der Waals surface area contributed by atoms with E-state index in [4.69, 9.17) is 11.6 Å². The number of carbonyl (C=O) groups excluding carboxylic acids is 1. The molecule has 1 aromatic heterocycles. The molecule has 0 radical (unpaired) electrons. The molecule has 110 valence electrons. The second kappa shape index (κ2) is 6.27. The number of tetrazole rings is 1. The number of oxime groups is 1. The van der Waals surface area contributed by atoms with E-state index in [2.05, 4.69) is 30.8 Å². The van der Waals surface area contributed by atoms with Crippen molar-refractivity contribution in [2.24, 2.45) is 12.2 Å². The molecule has 1 aromatic carbocycles. The molecule has 0 spiro atoms. The minimum absolute atomic E-state index is 0.0615. The topological polar surface area (TPSA) is 94.3 Å². The second-order valence-electron chi connectivity index (χ2n) is 3.82. The highest BCUT2D eigenvalue weighted by molar-refractivity contribution is 6.36. The zero-order chi connectivity index (χ0) is 15.4. The number of amides is 1. The van der Waals surface area contributed by atoms with Gasteiger partial charge in [0, 0.05) is 12.6 Å². The lowest BCUT2D eigenvalue weighted by molar-refractivity contribution is 0.102. The normalized spacial score (nSPS) is 10.9. The number of hydrogen-bond acceptors (Lipinski definition) is 6. The van der Waals surface area contributed by atoms with Crippen molar-refractivity contribution in [2.75, 3.05) is 12.4 Å². The van der Waals surface area contributed by atoms with Crippen molar-refractivity contribution in [1.29, 1.82) is 0 Å². The van der Waals surface area contributed by atoms with Crippen LogP contribution in [0.15, 0.2) is 17.3 Å². The highest BCUT2D eigenvalue weighted by Gasteiger charge is 2.20. The summed E-state index contributed by atoms with van der Waals surface area (Å²) in [4.78, 5) is 16.6. The van der Waals surface area contributed by atoms with Gasteiger partial charge in [0.1, 0.15) is 12.9 Å². The van der Waals surface area contributed by atoms with Gasteiger partial charge in [-0.3, -0.25) is 10.1 Å². The minimum atomic E-state index is -0.776. The quantitative estimate of drug-likeness (QED) is 0.677. The number of nitrogens with zero attached hydrogens (tertiary/aromatic N) is 5. The van der Waals surface area contributed by atoms with Gasteiger partial charge in [-0.25, -0.2) is 9.07 Å². The van der Waals surface area contributed by atoms with Gasteiger partial charge in [0.05, 0.1) is 16.8 Å². The first-order valence-corrected chi connectivity index (χ1v) is 6.00. The lowest BCUT2D eigenvalue weighted by Gasteiger charge is -2.08. The number of benzene rings is 1. The van der Waals surface area contributed by atoms with Crippen LogP contribution in [0.5, 0.6) is 0 Å². The first-order valence-electron chi connectivity index (χ1n) is 5.62. The molecule has 1 amide bonds. The Balaban J connectivity index is 2.36. The van der Waals surface area contributed by atoms with Crippen molar-refractivity contribution < 1.29 is 14.0 Å². The predicted molar refractivity (Wildman–Crippen MR) is 72.8 cm³/mol. The second-order valence-corrected chi connectivity index (χ2v) is 4.20. The first-order chi connectivity index (χ1) is 10.0. The molecular weight excluding hydrogens is 303 g/mol. The Morgan fingerprint density at radius 3 is 2.95 bits per heavy atom. The van der Waals surface area contributed by atoms with Crippen molar-refractivity contribution in [3.63, 3.8) is 0 Å². The van der Waals surface area contributed by atoms with E-state index in [1.165, 1.54) is 31.1 Å². The number of carbonyl (C=O) groups is 1. The van der Waals surface area contributed by atoms with Gasteiger partial charge < -0.3 is 4.84 Å². The number of aromatic nitrogens is 4. The predicted octanol–water partition coefficient (Wildman–Crippen LogP) is 1.24. The smallest absolute Gasteiger partial charge is 0.262 e. The molecule has 2 aromatic rings. The standard InChI is InChI=1S/C11H10ClFN6O2/c1-19-11(16-17-18-19)15-10(20)8-7(13)4-3-6(9(8)12)5-14-21-2/h3-5H,1-2H3,(H,15,16,18,20)/b14-5+. The van der Waals surface area contributed by atoms with E-state index in [-0.39, 0.29) is 16.5 Å². The van der Waals surface area contributed by atoms with Gasteiger partial charge >= 0.3 is 0 Å². The maximum absolute atomic E-state index is 13.9. The molecule has 10 heteroatoms. The molecule has 0 unspecified atom stereocenters. The van der Waals surface area contributed by atoms with Gasteiger partial charge in [-0.15, -0.1) is 0 Å². The third kappa shape index (κ3) is 3.14. The Morgan fingerprint density at radius 1 is 1.57 bits per heavy atom. The molecule has 2 rings (SSSR count). The molecule has 8 nitrogen and oxygen atoms in total. The highest BCUT2D eigenvalue weighted by atomic mass is 35.5. The largest absolute Gasteiger partial charge is 0.399 e. The Hall–Kier alpha value is -2.55. The lowest BCUT2D eigenvalue weighted by atomic mass is 10.1. The number of halogens is 2. The van der Waals surface area contributed by atoms with Gasteiger partial charge in [0.25, 0.3) is 5.91 Å². The highest BCUT2D eigenvalue weighted by Crippen LogP contribution is 2.24. The van der Waals surface area contributed by atoms with Gasteiger partial charge in [0.15, 0.2) is 0 Å². The molecule has 1 heterocycles. The fraction of sp³-hybridized carbons (Fsp3) is 0.182. The van der Waals surface area contributed by atoms with Crippen molar-refractivity contribution in [1.82, 2.24) is 20.2 Å². The van der Waals surface area contributed by atoms with Crippen molar-refractivity contribution in [3.8, 4) is 0 Å². The van der Waals surface area contributed by atoms with Crippen LogP contribution in [0.25, 0.3) is 0 Å². The maximum Gasteiger partial charge on any atom is 0.262 e. The van der Waals surface area contributed by atoms with Crippen LogP contribution in [0.1, 0.15) is 15.9 Å². The summed E-state index contributed by atoms with van der Waals surface area (Å²) in [7, 11) is 2.87. The molecule has 0 aliphatic heterocycles. The van der Waals surface area contributed by atoms with E-state index in [9.17, 15) is 9.18 Å². The molecule has 21 heavy (non-hydrogen) atoms. The van der Waals surface area contributed by atoms with E-state index >= 15 is 0 Å². The van der Waals surface area contributed by atoms with Crippen LogP contribution in [0.2, 0.25) is 5.02 Å². The average Bonchev–Trinajstić information content (AvgIpc) is 2.83. The Labute approximate surface area is 123 Å². The Bertz CT molecular complexity index is 702. The molecule has 1 N–H and O–H groups in total. The molecule has 0 aliphatic rings. The third-order valence-corrected chi connectivity index (χ3v) is 2.90. The number of anilines is 1. The zero-order valence-corrected chi connectivity index (χ0v) is 11.8. The molecule has 0 saturated carbocycles. The summed E-state index contributed by atoms with van der Waals surface area (Å²) in [5.74, 6) is -1.49. The van der Waals surface area contributed by atoms with Crippen LogP contribution in [-0.4, -0.2) is 39.4 Å². The first kappa shape index (κ1) is 14.9. The summed E-state index contributed by atoms with van der Waals surface area (Å²) in [6, 6.07) is 2.48. The number of hydrogen-bond donors (Lipinski definition) is 1. The lowest BCUT2D eigenvalue weighted by Crippen LogP contribution is -2.18. The fourth-order valence-corrected chi connectivity index (χ4v) is 1.77. The summed E-state index contributed by atoms with van der Waals surface area (Å²) in [6.45, 7) is 0. The number of aryl methyl sites for hydroxylation is 1. The van der Waals surface area contributed by atoms with E-state index in [1.54, 1.807) is 0 Å². The minimum Gasteiger partial charge on any atom is -0.399 e. The number of nitrogens with one attached hydrogen (secondary N) is 1. The van der Waals surface area contributed by atoms with Crippen LogP contribution < -0.4 is 5.32 Å². The SMILES string of the molecule is CO/N=C/c1ccc(F)c(C(=O)Nc2nnnn2C)c1Cl. The summed E-state index contributed by atoms with van der Waals surface area (Å²) in [6.07, 6.45) is 1.27. The molecular formula is C11H10ClFN6O2. The molecule has 0 aliphatic carbocycles. The van der Waals surface area contributed by atoms with Crippen molar-refractivity contribution in [3.05, 3.63) is 34.1 Å². The summed E-state index contributed by atoms with van der Waals surface area (Å²) in [5, 5.41) is 16.3. The van der Waals surface area contributed by atoms with Crippen LogP contribution in [0.3, 0.4) is 0 Å². The van der Waals surface area contributed by atoms with Crippen LogP contribution >= 0.6 is 11.6 Å². The van der Waals surface area contributed by atoms with Gasteiger partial charge in [0.2, 0.25) is 5.95 Å². The monoisotopic (exact) mass is 312 g/mol. The summed E-state index contributed by atoms with van der Waals surface area (Å²) >= 11 is 6.02. The van der Waals surface area contributed by atoms with E-state index in [0.29, 0.717) is 5.56 Å². The maximum atomic E-state index is 13.9. The average molecular weight is 313 g/mol. The van der Waals surface area contributed by atoms with Crippen LogP contribution in [0.4, 0.5) is 10.3 Å². The Morgan fingerprint density at radius 2 is 2.33 bits per heavy atom. The Kier molecular flexibility index (Phi) is 4.43. The van der Waals surface area contributed by atoms with Gasteiger partial charge in [-0.1, -0.05) is 21.9 Å². The summed E-state index contributed by atoms with van der Waals surface area (Å²) < 4.78 is 15.1. The molecule has 0 saturated heterocycles. The van der Waals surface area contributed by atoms with Gasteiger partial charge in [-0.2, -0.15) is 0 Å². The molecule has 0 fully saturated rings. The summed E-state index contributed by atoms with van der Waals surface area (Å²) in [5.41, 5.74) is 0.000812. The van der Waals surface area contributed by atoms with Crippen LogP contribution in [-0.2, 0) is 11.9 Å². The molecule has 0 bridgehead atoms.